The molecule has 0 saturated carbocycles. The van der Waals surface area contributed by atoms with E-state index in [1.807, 2.05) is 32.2 Å². The van der Waals surface area contributed by atoms with Gasteiger partial charge in [0.2, 0.25) is 0 Å². The smallest absolute Gasteiger partial charge is 0.254 e. The summed E-state index contributed by atoms with van der Waals surface area (Å²) in [5.74, 6) is 0.00176. The molecule has 0 spiro atoms. The van der Waals surface area contributed by atoms with Crippen molar-refractivity contribution in [1.29, 1.82) is 0 Å². The number of morpholine rings is 1. The third kappa shape index (κ3) is 3.05. The van der Waals surface area contributed by atoms with E-state index in [0.29, 0.717) is 25.3 Å². The predicted molar refractivity (Wildman–Crippen MR) is 73.5 cm³/mol. The normalized spacial score (nSPS) is 19.3. The number of anilines is 1. The summed E-state index contributed by atoms with van der Waals surface area (Å²) < 4.78 is 5.36. The van der Waals surface area contributed by atoms with Crippen molar-refractivity contribution >= 4 is 11.6 Å². The van der Waals surface area contributed by atoms with Gasteiger partial charge in [-0.2, -0.15) is 0 Å². The average Bonchev–Trinajstić information content (AvgIpc) is 2.46. The van der Waals surface area contributed by atoms with E-state index in [2.05, 4.69) is 5.32 Å². The van der Waals surface area contributed by atoms with Crippen LogP contribution in [0.15, 0.2) is 18.2 Å². The molecule has 1 aliphatic rings. The van der Waals surface area contributed by atoms with Crippen LogP contribution < -0.4 is 5.32 Å². The van der Waals surface area contributed by atoms with Crippen molar-refractivity contribution < 1.29 is 14.6 Å². The number of rotatable bonds is 3. The van der Waals surface area contributed by atoms with Crippen LogP contribution in [0.1, 0.15) is 15.9 Å². The van der Waals surface area contributed by atoms with Crippen molar-refractivity contribution in [3.05, 3.63) is 29.3 Å². The first kappa shape index (κ1) is 13.8. The quantitative estimate of drug-likeness (QED) is 0.850. The molecule has 1 aliphatic heterocycles. The number of carbonyl (C=O) groups excluding carboxylic acids is 1. The Kier molecular flexibility index (Phi) is 4.39. The van der Waals surface area contributed by atoms with E-state index in [-0.39, 0.29) is 18.6 Å². The number of amides is 1. The van der Waals surface area contributed by atoms with Crippen molar-refractivity contribution in [3.8, 4) is 0 Å². The minimum Gasteiger partial charge on any atom is -0.394 e. The summed E-state index contributed by atoms with van der Waals surface area (Å²) in [6.07, 6.45) is -0.269. The Morgan fingerprint density at radius 1 is 1.58 bits per heavy atom. The number of aryl methyl sites for hydroxylation is 1. The van der Waals surface area contributed by atoms with Crippen LogP contribution in [-0.4, -0.2) is 55.4 Å². The molecule has 5 heteroatoms. The second kappa shape index (κ2) is 6.04. The lowest BCUT2D eigenvalue weighted by atomic mass is 10.1. The Labute approximate surface area is 113 Å². The number of ether oxygens (including phenoxy) is 1. The molecule has 1 aromatic carbocycles. The van der Waals surface area contributed by atoms with Gasteiger partial charge in [0, 0.05) is 31.4 Å². The zero-order chi connectivity index (χ0) is 13.8. The molecule has 1 aromatic rings. The minimum absolute atomic E-state index is 0.00176. The first-order chi connectivity index (χ1) is 9.15. The van der Waals surface area contributed by atoms with Crippen LogP contribution in [0.4, 0.5) is 5.69 Å². The molecule has 1 unspecified atom stereocenters. The van der Waals surface area contributed by atoms with Crippen LogP contribution in [0.2, 0.25) is 0 Å². The summed E-state index contributed by atoms with van der Waals surface area (Å²) in [5.41, 5.74) is 2.64. The first-order valence-electron chi connectivity index (χ1n) is 6.46. The molecule has 104 valence electrons. The van der Waals surface area contributed by atoms with Gasteiger partial charge in [0.25, 0.3) is 5.91 Å². The highest BCUT2D eigenvalue weighted by molar-refractivity contribution is 5.96. The summed E-state index contributed by atoms with van der Waals surface area (Å²) in [6, 6.07) is 5.69. The molecule has 0 radical (unpaired) electrons. The molecule has 1 amide bonds. The Morgan fingerprint density at radius 3 is 3.00 bits per heavy atom. The fraction of sp³-hybridized carbons (Fsp3) is 0.500. The average molecular weight is 264 g/mol. The third-order valence-corrected chi connectivity index (χ3v) is 3.38. The lowest BCUT2D eigenvalue weighted by molar-refractivity contribution is -0.0447. The number of hydrogen-bond donors (Lipinski definition) is 2. The number of nitrogens with zero attached hydrogens (tertiary/aromatic N) is 1. The van der Waals surface area contributed by atoms with Gasteiger partial charge in [-0.05, 0) is 30.7 Å². The number of aliphatic hydroxyl groups is 1. The van der Waals surface area contributed by atoms with Crippen LogP contribution in [0.5, 0.6) is 0 Å². The molecular formula is C14H20N2O3. The van der Waals surface area contributed by atoms with Gasteiger partial charge in [-0.25, -0.2) is 0 Å². The standard InChI is InChI=1S/C14H20N2O3/c1-10-7-11(15-2)3-4-13(10)14(18)16-5-6-19-12(8-16)9-17/h3-4,7,12,15,17H,5-6,8-9H2,1-2H3. The van der Waals surface area contributed by atoms with E-state index in [1.165, 1.54) is 0 Å². The van der Waals surface area contributed by atoms with Gasteiger partial charge in [-0.1, -0.05) is 0 Å². The third-order valence-electron chi connectivity index (χ3n) is 3.38. The van der Waals surface area contributed by atoms with E-state index in [0.717, 1.165) is 11.3 Å². The van der Waals surface area contributed by atoms with Crippen LogP contribution in [0.25, 0.3) is 0 Å². The summed E-state index contributed by atoms with van der Waals surface area (Å²) in [5, 5.41) is 12.2. The molecule has 1 saturated heterocycles. The van der Waals surface area contributed by atoms with Crippen molar-refractivity contribution in [3.63, 3.8) is 0 Å². The number of benzene rings is 1. The van der Waals surface area contributed by atoms with Crippen LogP contribution in [0, 0.1) is 6.92 Å². The summed E-state index contributed by atoms with van der Waals surface area (Å²) >= 11 is 0. The van der Waals surface area contributed by atoms with Gasteiger partial charge >= 0.3 is 0 Å². The van der Waals surface area contributed by atoms with E-state index in [4.69, 9.17) is 9.84 Å². The number of aliphatic hydroxyl groups excluding tert-OH is 1. The predicted octanol–water partition coefficient (Wildman–Crippen LogP) is 0.870. The second-order valence-electron chi connectivity index (χ2n) is 4.71. The minimum atomic E-state index is -0.269. The van der Waals surface area contributed by atoms with Crippen molar-refractivity contribution in [2.24, 2.45) is 0 Å². The first-order valence-corrected chi connectivity index (χ1v) is 6.46. The van der Waals surface area contributed by atoms with E-state index < -0.39 is 0 Å². The fourth-order valence-electron chi connectivity index (χ4n) is 2.24. The molecule has 1 heterocycles. The van der Waals surface area contributed by atoms with E-state index in [9.17, 15) is 4.79 Å². The molecule has 1 atom stereocenters. The molecule has 0 bridgehead atoms. The maximum absolute atomic E-state index is 12.4. The number of hydrogen-bond acceptors (Lipinski definition) is 4. The molecular weight excluding hydrogens is 244 g/mol. The molecule has 2 N–H and O–H groups in total. The highest BCUT2D eigenvalue weighted by Crippen LogP contribution is 2.18. The van der Waals surface area contributed by atoms with E-state index >= 15 is 0 Å². The zero-order valence-electron chi connectivity index (χ0n) is 11.3. The Bertz CT molecular complexity index is 462. The number of carbonyl (C=O) groups is 1. The summed E-state index contributed by atoms with van der Waals surface area (Å²) in [6.45, 7) is 3.37. The second-order valence-corrected chi connectivity index (χ2v) is 4.71. The van der Waals surface area contributed by atoms with Crippen LogP contribution >= 0.6 is 0 Å². The SMILES string of the molecule is CNc1ccc(C(=O)N2CCOC(CO)C2)c(C)c1. The topological polar surface area (TPSA) is 61.8 Å². The van der Waals surface area contributed by atoms with E-state index in [1.54, 1.807) is 4.90 Å². The van der Waals surface area contributed by atoms with Gasteiger partial charge in [0.05, 0.1) is 19.3 Å². The molecule has 5 nitrogen and oxygen atoms in total. The zero-order valence-corrected chi connectivity index (χ0v) is 11.3. The Morgan fingerprint density at radius 2 is 2.37 bits per heavy atom. The van der Waals surface area contributed by atoms with Gasteiger partial charge in [0.15, 0.2) is 0 Å². The largest absolute Gasteiger partial charge is 0.394 e. The monoisotopic (exact) mass is 264 g/mol. The lowest BCUT2D eigenvalue weighted by Gasteiger charge is -2.32. The van der Waals surface area contributed by atoms with Gasteiger partial charge in [0.1, 0.15) is 0 Å². The van der Waals surface area contributed by atoms with Crippen LogP contribution in [0.3, 0.4) is 0 Å². The molecule has 19 heavy (non-hydrogen) atoms. The highest BCUT2D eigenvalue weighted by Gasteiger charge is 2.25. The molecule has 1 fully saturated rings. The maximum Gasteiger partial charge on any atom is 0.254 e. The maximum atomic E-state index is 12.4. The van der Waals surface area contributed by atoms with Crippen molar-refractivity contribution in [2.75, 3.05) is 38.7 Å². The van der Waals surface area contributed by atoms with Gasteiger partial charge in [-0.3, -0.25) is 4.79 Å². The van der Waals surface area contributed by atoms with Crippen molar-refractivity contribution in [2.45, 2.75) is 13.0 Å². The fourth-order valence-corrected chi connectivity index (χ4v) is 2.24. The summed E-state index contributed by atoms with van der Waals surface area (Å²) in [7, 11) is 1.85. The number of nitrogens with one attached hydrogen (secondary N) is 1. The Hall–Kier alpha value is -1.59. The lowest BCUT2D eigenvalue weighted by Crippen LogP contribution is -2.47. The van der Waals surface area contributed by atoms with Crippen LogP contribution in [-0.2, 0) is 4.74 Å². The Balaban J connectivity index is 2.15. The van der Waals surface area contributed by atoms with Gasteiger partial charge < -0.3 is 20.1 Å². The molecule has 0 aromatic heterocycles. The molecule has 0 aliphatic carbocycles. The summed E-state index contributed by atoms with van der Waals surface area (Å²) in [4.78, 5) is 14.2. The van der Waals surface area contributed by atoms with Crippen molar-refractivity contribution in [1.82, 2.24) is 4.90 Å². The highest BCUT2D eigenvalue weighted by atomic mass is 16.5. The molecule has 2 rings (SSSR count). The van der Waals surface area contributed by atoms with Gasteiger partial charge in [-0.15, -0.1) is 0 Å².